The predicted molar refractivity (Wildman–Crippen MR) is 95.2 cm³/mol. The molecule has 21 heavy (non-hydrogen) atoms. The summed E-state index contributed by atoms with van der Waals surface area (Å²) >= 11 is 2.10. The van der Waals surface area contributed by atoms with Gasteiger partial charge in [0.1, 0.15) is 0 Å². The van der Waals surface area contributed by atoms with Crippen molar-refractivity contribution in [3.63, 3.8) is 0 Å². The molecule has 0 saturated heterocycles. The van der Waals surface area contributed by atoms with Gasteiger partial charge in [-0.15, -0.1) is 0 Å². The van der Waals surface area contributed by atoms with E-state index < -0.39 is 0 Å². The van der Waals surface area contributed by atoms with E-state index in [0.29, 0.717) is 0 Å². The van der Waals surface area contributed by atoms with Gasteiger partial charge in [0.05, 0.1) is 3.58 Å². The van der Waals surface area contributed by atoms with Crippen LogP contribution in [0.5, 0.6) is 0 Å². The maximum Gasteiger partial charge on any atom is 0.191 e. The van der Waals surface area contributed by atoms with Crippen molar-refractivity contribution in [3.05, 3.63) is 99.2 Å². The molecule has 0 fully saturated rings. The van der Waals surface area contributed by atoms with E-state index in [0.717, 1.165) is 25.9 Å². The molecule has 0 bridgehead atoms. The van der Waals surface area contributed by atoms with Crippen molar-refractivity contribution in [1.29, 1.82) is 0 Å². The van der Waals surface area contributed by atoms with Crippen LogP contribution in [0.2, 0.25) is 0 Å². The van der Waals surface area contributed by atoms with Crippen molar-refractivity contribution in [3.8, 4) is 0 Å². The van der Waals surface area contributed by atoms with E-state index in [2.05, 4.69) is 46.9 Å². The number of ketones is 1. The first kappa shape index (κ1) is 14.0. The number of hydrogen-bond acceptors (Lipinski definition) is 1. The summed E-state index contributed by atoms with van der Waals surface area (Å²) in [6, 6.07) is 20.5. The predicted octanol–water partition coefficient (Wildman–Crippen LogP) is 4.95. The molecule has 0 unspecified atom stereocenters. The summed E-state index contributed by atoms with van der Waals surface area (Å²) in [6.07, 6.45) is 5.50. The summed E-state index contributed by atoms with van der Waals surface area (Å²) in [5, 5.41) is 0. The van der Waals surface area contributed by atoms with Gasteiger partial charge >= 0.3 is 0 Å². The molecule has 0 amide bonds. The number of carbonyl (C=O) groups is 1. The summed E-state index contributed by atoms with van der Waals surface area (Å²) in [5.41, 5.74) is 4.52. The lowest BCUT2D eigenvalue weighted by atomic mass is 9.91. The molecule has 2 aromatic rings. The third-order valence-corrected chi connectivity index (χ3v) is 4.19. The molecular formula is C19H13IO. The van der Waals surface area contributed by atoms with E-state index in [4.69, 9.17) is 0 Å². The van der Waals surface area contributed by atoms with Gasteiger partial charge in [-0.2, -0.15) is 0 Å². The number of carbonyl (C=O) groups excluding carboxylic acids is 1. The molecule has 0 heterocycles. The van der Waals surface area contributed by atoms with E-state index >= 15 is 0 Å². The summed E-state index contributed by atoms with van der Waals surface area (Å²) < 4.78 is 0.745. The fraction of sp³-hybridized carbons (Fsp3) is 0. The summed E-state index contributed by atoms with van der Waals surface area (Å²) in [5.74, 6) is 0.0693. The maximum atomic E-state index is 11.7. The van der Waals surface area contributed by atoms with Crippen LogP contribution in [0.1, 0.15) is 11.1 Å². The first-order valence-corrected chi connectivity index (χ1v) is 7.78. The van der Waals surface area contributed by atoms with Gasteiger partial charge in [-0.25, -0.2) is 0 Å². The first-order chi connectivity index (χ1) is 10.3. The largest absolute Gasteiger partial charge is 0.289 e. The van der Waals surface area contributed by atoms with Crippen LogP contribution in [-0.2, 0) is 4.79 Å². The molecule has 0 N–H and O–H groups in total. The zero-order valence-corrected chi connectivity index (χ0v) is 13.4. The van der Waals surface area contributed by atoms with Crippen LogP contribution in [0.25, 0.3) is 5.57 Å². The van der Waals surface area contributed by atoms with Crippen LogP contribution in [0.15, 0.2) is 88.0 Å². The van der Waals surface area contributed by atoms with Crippen molar-refractivity contribution >= 4 is 33.9 Å². The van der Waals surface area contributed by atoms with Crippen LogP contribution in [-0.4, -0.2) is 5.78 Å². The lowest BCUT2D eigenvalue weighted by Crippen LogP contribution is -2.00. The van der Waals surface area contributed by atoms with Gasteiger partial charge in [0.25, 0.3) is 0 Å². The smallest absolute Gasteiger partial charge is 0.191 e. The Morgan fingerprint density at radius 1 is 0.762 bits per heavy atom. The molecular weight excluding hydrogens is 371 g/mol. The van der Waals surface area contributed by atoms with E-state index in [9.17, 15) is 4.79 Å². The summed E-state index contributed by atoms with van der Waals surface area (Å²) in [6.45, 7) is 0. The van der Waals surface area contributed by atoms with E-state index in [1.54, 1.807) is 6.08 Å². The van der Waals surface area contributed by atoms with E-state index in [1.165, 1.54) is 0 Å². The van der Waals surface area contributed by atoms with Crippen LogP contribution in [0.3, 0.4) is 0 Å². The topological polar surface area (TPSA) is 17.1 Å². The van der Waals surface area contributed by atoms with Crippen LogP contribution >= 0.6 is 22.6 Å². The van der Waals surface area contributed by atoms with Gasteiger partial charge in [-0.3, -0.25) is 4.79 Å². The standard InChI is InChI=1S/C19H13IO/c20-17-13-16(11-12-18(17)21)19(14-7-3-1-4-8-14)15-9-5-2-6-10-15/h1-13H. The molecule has 1 nitrogen and oxygen atoms in total. The van der Waals surface area contributed by atoms with Gasteiger partial charge in [-0.1, -0.05) is 66.7 Å². The minimum Gasteiger partial charge on any atom is -0.289 e. The molecule has 0 atom stereocenters. The van der Waals surface area contributed by atoms with Gasteiger partial charge in [0, 0.05) is 0 Å². The van der Waals surface area contributed by atoms with Crippen molar-refractivity contribution in [2.24, 2.45) is 0 Å². The highest BCUT2D eigenvalue weighted by molar-refractivity contribution is 14.1. The Labute approximate surface area is 137 Å². The Morgan fingerprint density at radius 3 is 1.76 bits per heavy atom. The molecule has 0 radical (unpaired) electrons. The average Bonchev–Trinajstić information content (AvgIpc) is 2.53. The highest BCUT2D eigenvalue weighted by atomic mass is 127. The second-order valence-electron chi connectivity index (χ2n) is 4.75. The molecule has 0 aromatic heterocycles. The maximum absolute atomic E-state index is 11.7. The Balaban J connectivity index is 2.23. The van der Waals surface area contributed by atoms with Crippen LogP contribution in [0, 0.1) is 0 Å². The number of rotatable bonds is 2. The molecule has 0 aliphatic heterocycles. The average molecular weight is 384 g/mol. The highest BCUT2D eigenvalue weighted by Crippen LogP contribution is 2.31. The molecule has 2 heteroatoms. The molecule has 102 valence electrons. The Morgan fingerprint density at radius 2 is 1.29 bits per heavy atom. The van der Waals surface area contributed by atoms with Gasteiger partial charge < -0.3 is 0 Å². The zero-order chi connectivity index (χ0) is 14.7. The van der Waals surface area contributed by atoms with Crippen molar-refractivity contribution in [2.75, 3.05) is 0 Å². The number of halogens is 1. The normalized spacial score (nSPS) is 14.0. The van der Waals surface area contributed by atoms with Gasteiger partial charge in [-0.05, 0) is 57.0 Å². The Kier molecular flexibility index (Phi) is 4.15. The fourth-order valence-corrected chi connectivity index (χ4v) is 2.88. The third kappa shape index (κ3) is 3.05. The summed E-state index contributed by atoms with van der Waals surface area (Å²) in [4.78, 5) is 11.7. The second kappa shape index (κ2) is 6.22. The molecule has 0 spiro atoms. The molecule has 3 rings (SSSR count). The fourth-order valence-electron chi connectivity index (χ4n) is 2.37. The van der Waals surface area contributed by atoms with Crippen molar-refractivity contribution in [1.82, 2.24) is 0 Å². The SMILES string of the molecule is O=C1C=CC(=C(c2ccccc2)c2ccccc2)C=C1I. The Bertz CT molecular complexity index is 711. The third-order valence-electron chi connectivity index (χ3n) is 3.35. The van der Waals surface area contributed by atoms with Gasteiger partial charge in [0.15, 0.2) is 5.78 Å². The lowest BCUT2D eigenvalue weighted by molar-refractivity contribution is -0.110. The number of hydrogen-bond donors (Lipinski definition) is 0. The Hall–Kier alpha value is -1.94. The van der Waals surface area contributed by atoms with Crippen molar-refractivity contribution in [2.45, 2.75) is 0 Å². The molecule has 1 aliphatic rings. The van der Waals surface area contributed by atoms with E-state index in [-0.39, 0.29) is 5.78 Å². The minimum atomic E-state index is 0.0693. The van der Waals surface area contributed by atoms with Crippen LogP contribution in [0.4, 0.5) is 0 Å². The minimum absolute atomic E-state index is 0.0693. The molecule has 2 aromatic carbocycles. The lowest BCUT2D eigenvalue weighted by Gasteiger charge is -2.14. The monoisotopic (exact) mass is 384 g/mol. The first-order valence-electron chi connectivity index (χ1n) is 6.70. The van der Waals surface area contributed by atoms with Crippen LogP contribution < -0.4 is 0 Å². The quantitative estimate of drug-likeness (QED) is 0.670. The van der Waals surface area contributed by atoms with Gasteiger partial charge in [0.2, 0.25) is 0 Å². The second-order valence-corrected chi connectivity index (χ2v) is 5.91. The number of benzene rings is 2. The zero-order valence-electron chi connectivity index (χ0n) is 11.3. The van der Waals surface area contributed by atoms with Crippen molar-refractivity contribution < 1.29 is 4.79 Å². The molecule has 0 saturated carbocycles. The van der Waals surface area contributed by atoms with E-state index in [1.807, 2.05) is 48.6 Å². The number of allylic oxidation sites excluding steroid dienone is 5. The summed E-state index contributed by atoms with van der Waals surface area (Å²) in [7, 11) is 0. The molecule has 1 aliphatic carbocycles. The highest BCUT2D eigenvalue weighted by Gasteiger charge is 2.14.